The van der Waals surface area contributed by atoms with Crippen LogP contribution >= 0.6 is 11.8 Å². The van der Waals surface area contributed by atoms with Gasteiger partial charge in [-0.05, 0) is 24.8 Å². The van der Waals surface area contributed by atoms with Crippen LogP contribution < -0.4 is 10.1 Å². The lowest BCUT2D eigenvalue weighted by Gasteiger charge is -2.14. The number of halogens is 3. The van der Waals surface area contributed by atoms with Gasteiger partial charge in [0.25, 0.3) is 0 Å². The van der Waals surface area contributed by atoms with E-state index in [0.717, 1.165) is 11.1 Å². The van der Waals surface area contributed by atoms with Crippen molar-refractivity contribution >= 4 is 11.8 Å². The summed E-state index contributed by atoms with van der Waals surface area (Å²) in [5, 5.41) is 3.28. The predicted molar refractivity (Wildman–Crippen MR) is 77.2 cm³/mol. The Kier molecular flexibility index (Phi) is 6.68. The van der Waals surface area contributed by atoms with Crippen LogP contribution in [0.1, 0.15) is 25.0 Å². The van der Waals surface area contributed by atoms with Gasteiger partial charge in [-0.3, -0.25) is 0 Å². The van der Waals surface area contributed by atoms with Gasteiger partial charge < -0.3 is 10.1 Å². The Balaban J connectivity index is 2.55. The number of hydrogen-bond acceptors (Lipinski definition) is 3. The predicted octanol–water partition coefficient (Wildman–Crippen LogP) is 4.12. The summed E-state index contributed by atoms with van der Waals surface area (Å²) in [6, 6.07) is 6.03. The molecule has 0 saturated heterocycles. The van der Waals surface area contributed by atoms with E-state index >= 15 is 0 Å². The van der Waals surface area contributed by atoms with Gasteiger partial charge in [-0.15, -0.1) is 0 Å². The molecule has 6 heteroatoms. The highest BCUT2D eigenvalue weighted by molar-refractivity contribution is 8.00. The van der Waals surface area contributed by atoms with E-state index < -0.39 is 5.51 Å². The molecule has 0 bridgehead atoms. The van der Waals surface area contributed by atoms with Crippen molar-refractivity contribution in [2.75, 3.05) is 12.4 Å². The smallest absolute Gasteiger partial charge is 0.441 e. The SMILES string of the molecule is Cc1ccc(OCCSC(F)(F)F)c(CNC(C)C)c1. The summed E-state index contributed by atoms with van der Waals surface area (Å²) in [6.07, 6.45) is 0. The van der Waals surface area contributed by atoms with Crippen LogP contribution in [0.25, 0.3) is 0 Å². The summed E-state index contributed by atoms with van der Waals surface area (Å²) in [4.78, 5) is 0. The van der Waals surface area contributed by atoms with Crippen LogP contribution in [0.4, 0.5) is 13.2 Å². The first-order chi connectivity index (χ1) is 9.28. The first-order valence-corrected chi connectivity index (χ1v) is 7.43. The molecule has 114 valence electrons. The number of alkyl halides is 3. The van der Waals surface area contributed by atoms with E-state index in [4.69, 9.17) is 4.74 Å². The summed E-state index contributed by atoms with van der Waals surface area (Å²) < 4.78 is 41.5. The van der Waals surface area contributed by atoms with Crippen LogP contribution in [0.2, 0.25) is 0 Å². The van der Waals surface area contributed by atoms with E-state index in [-0.39, 0.29) is 24.1 Å². The van der Waals surface area contributed by atoms with Crippen molar-refractivity contribution in [3.8, 4) is 5.75 Å². The van der Waals surface area contributed by atoms with Gasteiger partial charge in [-0.25, -0.2) is 0 Å². The topological polar surface area (TPSA) is 21.3 Å². The Morgan fingerprint density at radius 3 is 2.60 bits per heavy atom. The van der Waals surface area contributed by atoms with E-state index in [9.17, 15) is 13.2 Å². The Labute approximate surface area is 122 Å². The van der Waals surface area contributed by atoms with Crippen molar-refractivity contribution in [3.05, 3.63) is 29.3 Å². The summed E-state index contributed by atoms with van der Waals surface area (Å²) in [5.41, 5.74) is -2.13. The minimum Gasteiger partial charge on any atom is -0.492 e. The zero-order chi connectivity index (χ0) is 15.2. The fourth-order valence-corrected chi connectivity index (χ4v) is 2.01. The molecule has 2 nitrogen and oxygen atoms in total. The second-order valence-electron chi connectivity index (χ2n) is 4.79. The van der Waals surface area contributed by atoms with Crippen LogP contribution in [0.3, 0.4) is 0 Å². The average Bonchev–Trinajstić information content (AvgIpc) is 2.32. The van der Waals surface area contributed by atoms with E-state index in [1.54, 1.807) is 0 Å². The number of ether oxygens (including phenoxy) is 1. The van der Waals surface area contributed by atoms with Crippen molar-refractivity contribution in [1.82, 2.24) is 5.32 Å². The van der Waals surface area contributed by atoms with Gasteiger partial charge in [0.05, 0.1) is 6.61 Å². The average molecular weight is 307 g/mol. The van der Waals surface area contributed by atoms with Crippen molar-refractivity contribution in [2.24, 2.45) is 0 Å². The standard InChI is InChI=1S/C14H20F3NOS/c1-10(2)18-9-12-8-11(3)4-5-13(12)19-6-7-20-14(15,16)17/h4-5,8,10,18H,6-7,9H2,1-3H3. The number of hydrogen-bond donors (Lipinski definition) is 1. The van der Waals surface area contributed by atoms with E-state index in [0.29, 0.717) is 18.3 Å². The molecule has 0 amide bonds. The van der Waals surface area contributed by atoms with Crippen LogP contribution in [0.15, 0.2) is 18.2 Å². The highest BCUT2D eigenvalue weighted by Crippen LogP contribution is 2.30. The van der Waals surface area contributed by atoms with Gasteiger partial charge in [0.15, 0.2) is 0 Å². The van der Waals surface area contributed by atoms with Gasteiger partial charge in [-0.1, -0.05) is 31.5 Å². The molecule has 0 aromatic heterocycles. The lowest BCUT2D eigenvalue weighted by atomic mass is 10.1. The van der Waals surface area contributed by atoms with Crippen LogP contribution in [-0.2, 0) is 6.54 Å². The molecule has 0 spiro atoms. The Bertz CT molecular complexity index is 421. The molecular weight excluding hydrogens is 287 g/mol. The lowest BCUT2D eigenvalue weighted by Crippen LogP contribution is -2.22. The first-order valence-electron chi connectivity index (χ1n) is 6.44. The molecule has 1 aromatic rings. The third kappa shape index (κ3) is 7.05. The van der Waals surface area contributed by atoms with E-state index in [2.05, 4.69) is 5.32 Å². The number of thioether (sulfide) groups is 1. The second kappa shape index (κ2) is 7.78. The molecule has 0 aliphatic carbocycles. The molecule has 0 aliphatic rings. The molecule has 0 aliphatic heterocycles. The molecule has 20 heavy (non-hydrogen) atoms. The molecule has 1 N–H and O–H groups in total. The zero-order valence-corrected chi connectivity index (χ0v) is 12.7. The normalized spacial score (nSPS) is 11.9. The monoisotopic (exact) mass is 307 g/mol. The maximum Gasteiger partial charge on any atom is 0.441 e. The minimum absolute atomic E-state index is 0.0436. The maximum atomic E-state index is 12.0. The van der Waals surface area contributed by atoms with Gasteiger partial charge in [-0.2, -0.15) is 13.2 Å². The van der Waals surface area contributed by atoms with Crippen molar-refractivity contribution in [1.29, 1.82) is 0 Å². The Hall–Kier alpha value is -0.880. The molecule has 0 radical (unpaired) electrons. The third-order valence-electron chi connectivity index (χ3n) is 2.52. The lowest BCUT2D eigenvalue weighted by molar-refractivity contribution is -0.0329. The highest BCUT2D eigenvalue weighted by atomic mass is 32.2. The molecule has 0 unspecified atom stereocenters. The number of aryl methyl sites for hydroxylation is 1. The first kappa shape index (κ1) is 17.2. The molecule has 0 heterocycles. The maximum absolute atomic E-state index is 12.0. The summed E-state index contributed by atoms with van der Waals surface area (Å²) in [7, 11) is 0. The highest BCUT2D eigenvalue weighted by Gasteiger charge is 2.27. The third-order valence-corrected chi connectivity index (χ3v) is 3.22. The minimum atomic E-state index is -4.20. The van der Waals surface area contributed by atoms with Crippen molar-refractivity contribution in [3.63, 3.8) is 0 Å². The van der Waals surface area contributed by atoms with Gasteiger partial charge in [0.2, 0.25) is 0 Å². The molecule has 0 fully saturated rings. The Morgan fingerprint density at radius 2 is 2.00 bits per heavy atom. The quantitative estimate of drug-likeness (QED) is 0.766. The van der Waals surface area contributed by atoms with Gasteiger partial charge in [0.1, 0.15) is 5.75 Å². The molecule has 0 saturated carbocycles. The fourth-order valence-electron chi connectivity index (χ4n) is 1.61. The van der Waals surface area contributed by atoms with Crippen LogP contribution in [0.5, 0.6) is 5.75 Å². The Morgan fingerprint density at radius 1 is 1.30 bits per heavy atom. The second-order valence-corrected chi connectivity index (χ2v) is 5.95. The van der Waals surface area contributed by atoms with Crippen molar-refractivity contribution in [2.45, 2.75) is 38.9 Å². The molecular formula is C14H20F3NOS. The fraction of sp³-hybridized carbons (Fsp3) is 0.571. The molecule has 1 rings (SSSR count). The summed E-state index contributed by atoms with van der Waals surface area (Å²) >= 11 is -0.0605. The number of nitrogens with one attached hydrogen (secondary N) is 1. The number of benzene rings is 1. The molecule has 1 aromatic carbocycles. The summed E-state index contributed by atoms with van der Waals surface area (Å²) in [5.74, 6) is 0.542. The van der Waals surface area contributed by atoms with Crippen LogP contribution in [-0.4, -0.2) is 23.9 Å². The van der Waals surface area contributed by atoms with Gasteiger partial charge >= 0.3 is 5.51 Å². The van der Waals surface area contributed by atoms with E-state index in [1.165, 1.54) is 0 Å². The van der Waals surface area contributed by atoms with Crippen LogP contribution in [0, 0.1) is 6.92 Å². The van der Waals surface area contributed by atoms with Gasteiger partial charge in [0, 0.05) is 23.9 Å². The largest absolute Gasteiger partial charge is 0.492 e. The van der Waals surface area contributed by atoms with E-state index in [1.807, 2.05) is 39.0 Å². The van der Waals surface area contributed by atoms with Crippen molar-refractivity contribution < 1.29 is 17.9 Å². The zero-order valence-electron chi connectivity index (χ0n) is 11.9. The summed E-state index contributed by atoms with van der Waals surface area (Å²) in [6.45, 7) is 6.73. The number of rotatable bonds is 7. The molecule has 0 atom stereocenters.